The molecule has 0 saturated carbocycles. The van der Waals surface area contributed by atoms with Gasteiger partial charge in [0.05, 0.1) is 10.5 Å². The minimum absolute atomic E-state index is 0.00284. The summed E-state index contributed by atoms with van der Waals surface area (Å²) in [4.78, 5) is 17.0. The summed E-state index contributed by atoms with van der Waals surface area (Å²) in [6.45, 7) is 0. The predicted molar refractivity (Wildman–Crippen MR) is 83.3 cm³/mol. The molecule has 1 aliphatic rings. The molecule has 0 atom stereocenters. The van der Waals surface area contributed by atoms with Gasteiger partial charge < -0.3 is 0 Å². The third-order valence-electron chi connectivity index (χ3n) is 3.60. The molecule has 20 heavy (non-hydrogen) atoms. The Morgan fingerprint density at radius 2 is 1.90 bits per heavy atom. The number of pyridine rings is 1. The first-order valence-corrected chi connectivity index (χ1v) is 7.26. The van der Waals surface area contributed by atoms with Crippen LogP contribution in [-0.4, -0.2) is 10.8 Å². The van der Waals surface area contributed by atoms with Gasteiger partial charge in [0.25, 0.3) is 0 Å². The molecular weight excluding hydrogens is 338 g/mol. The Hall–Kier alpha value is -1.71. The van der Waals surface area contributed by atoms with Gasteiger partial charge in [0.1, 0.15) is 0 Å². The fourth-order valence-corrected chi connectivity index (χ4v) is 3.56. The standard InChI is InChI=1S/C16H7BrClNO/c17-11-5-1-3-9-13-10(16(20)14(9)11)7-12(18)8-4-2-6-19-15(8)13/h1-7H. The number of hydrogen-bond donors (Lipinski definition) is 0. The Balaban J connectivity index is 2.24. The second kappa shape index (κ2) is 4.14. The first-order valence-electron chi connectivity index (χ1n) is 6.09. The van der Waals surface area contributed by atoms with Crippen molar-refractivity contribution >= 4 is 44.2 Å². The number of fused-ring (bicyclic) bond motifs is 5. The third kappa shape index (κ3) is 1.45. The van der Waals surface area contributed by atoms with Crippen molar-refractivity contribution < 1.29 is 4.79 Å². The molecule has 0 bridgehead atoms. The fourth-order valence-electron chi connectivity index (χ4n) is 2.75. The van der Waals surface area contributed by atoms with Crippen LogP contribution in [0.25, 0.3) is 22.0 Å². The van der Waals surface area contributed by atoms with Gasteiger partial charge >= 0.3 is 0 Å². The molecule has 1 aliphatic carbocycles. The summed E-state index contributed by atoms with van der Waals surface area (Å²) < 4.78 is 0.802. The average Bonchev–Trinajstić information content (AvgIpc) is 2.74. The second-order valence-electron chi connectivity index (χ2n) is 4.67. The van der Waals surface area contributed by atoms with E-state index in [1.165, 1.54) is 0 Å². The lowest BCUT2D eigenvalue weighted by Crippen LogP contribution is -1.96. The van der Waals surface area contributed by atoms with E-state index in [2.05, 4.69) is 20.9 Å². The maximum atomic E-state index is 12.6. The number of halogens is 2. The fraction of sp³-hybridized carbons (Fsp3) is 0. The van der Waals surface area contributed by atoms with E-state index in [9.17, 15) is 4.79 Å². The smallest absolute Gasteiger partial charge is 0.195 e. The molecule has 0 spiro atoms. The number of aromatic nitrogens is 1. The van der Waals surface area contributed by atoms with Crippen molar-refractivity contribution in [3.63, 3.8) is 0 Å². The van der Waals surface area contributed by atoms with Crippen LogP contribution in [0.5, 0.6) is 0 Å². The zero-order valence-corrected chi connectivity index (χ0v) is 12.5. The van der Waals surface area contributed by atoms with E-state index in [1.54, 1.807) is 12.3 Å². The summed E-state index contributed by atoms with van der Waals surface area (Å²) in [5.41, 5.74) is 3.89. The van der Waals surface area contributed by atoms with Gasteiger partial charge in [-0.25, -0.2) is 0 Å². The quantitative estimate of drug-likeness (QED) is 0.456. The molecule has 96 valence electrons. The van der Waals surface area contributed by atoms with Gasteiger partial charge in [-0.3, -0.25) is 9.78 Å². The van der Waals surface area contributed by atoms with Crippen molar-refractivity contribution in [3.05, 3.63) is 63.2 Å². The Labute approximate surface area is 128 Å². The molecule has 0 amide bonds. The first kappa shape index (κ1) is 12.1. The van der Waals surface area contributed by atoms with Crippen LogP contribution in [0.3, 0.4) is 0 Å². The summed E-state index contributed by atoms with van der Waals surface area (Å²) in [5.74, 6) is -0.00284. The number of carbonyl (C=O) groups is 1. The number of benzene rings is 2. The van der Waals surface area contributed by atoms with Gasteiger partial charge in [0.15, 0.2) is 5.78 Å². The molecule has 0 unspecified atom stereocenters. The third-order valence-corrected chi connectivity index (χ3v) is 4.57. The number of ketones is 1. The van der Waals surface area contributed by atoms with E-state index in [4.69, 9.17) is 11.6 Å². The molecule has 1 aromatic heterocycles. The largest absolute Gasteiger partial charge is 0.289 e. The van der Waals surface area contributed by atoms with Gasteiger partial charge in [0.2, 0.25) is 0 Å². The van der Waals surface area contributed by atoms with Gasteiger partial charge in [0, 0.05) is 32.7 Å². The molecule has 0 saturated heterocycles. The SMILES string of the molecule is O=C1c2cc(Cl)c3cccnc3c2-c2cccc(Br)c21. The highest BCUT2D eigenvalue weighted by atomic mass is 79.9. The van der Waals surface area contributed by atoms with Crippen LogP contribution in [-0.2, 0) is 0 Å². The van der Waals surface area contributed by atoms with Gasteiger partial charge in [-0.15, -0.1) is 0 Å². The van der Waals surface area contributed by atoms with E-state index < -0.39 is 0 Å². The predicted octanol–water partition coefficient (Wildman–Crippen LogP) is 4.86. The van der Waals surface area contributed by atoms with Crippen LogP contribution in [0.2, 0.25) is 5.02 Å². The van der Waals surface area contributed by atoms with Crippen LogP contribution in [0.1, 0.15) is 15.9 Å². The van der Waals surface area contributed by atoms with E-state index in [0.717, 1.165) is 26.5 Å². The summed E-state index contributed by atoms with van der Waals surface area (Å²) in [6, 6.07) is 11.3. The van der Waals surface area contributed by atoms with Gasteiger partial charge in [-0.1, -0.05) is 39.7 Å². The summed E-state index contributed by atoms with van der Waals surface area (Å²) >= 11 is 9.74. The average molecular weight is 345 g/mol. The zero-order valence-electron chi connectivity index (χ0n) is 10.2. The van der Waals surface area contributed by atoms with E-state index in [1.807, 2.05) is 30.3 Å². The van der Waals surface area contributed by atoms with Crippen molar-refractivity contribution in [1.82, 2.24) is 4.98 Å². The summed E-state index contributed by atoms with van der Waals surface area (Å²) in [6.07, 6.45) is 1.72. The molecule has 1 heterocycles. The maximum absolute atomic E-state index is 12.6. The van der Waals surface area contributed by atoms with Crippen molar-refractivity contribution in [1.29, 1.82) is 0 Å². The molecule has 4 heteroatoms. The molecule has 2 aromatic carbocycles. The second-order valence-corrected chi connectivity index (χ2v) is 5.93. The number of rotatable bonds is 0. The minimum atomic E-state index is -0.00284. The molecule has 0 N–H and O–H groups in total. The zero-order chi connectivity index (χ0) is 13.9. The van der Waals surface area contributed by atoms with Crippen molar-refractivity contribution in [3.8, 4) is 11.1 Å². The minimum Gasteiger partial charge on any atom is -0.289 e. The number of nitrogens with zero attached hydrogens (tertiary/aromatic N) is 1. The lowest BCUT2D eigenvalue weighted by Gasteiger charge is -2.06. The van der Waals surface area contributed by atoms with Crippen molar-refractivity contribution in [2.45, 2.75) is 0 Å². The van der Waals surface area contributed by atoms with Gasteiger partial charge in [-0.05, 0) is 29.8 Å². The molecule has 0 radical (unpaired) electrons. The summed E-state index contributed by atoms with van der Waals surface area (Å²) in [5, 5.41) is 1.43. The molecule has 2 nitrogen and oxygen atoms in total. The normalized spacial score (nSPS) is 12.6. The number of hydrogen-bond acceptors (Lipinski definition) is 2. The summed E-state index contributed by atoms with van der Waals surface area (Å²) in [7, 11) is 0. The maximum Gasteiger partial charge on any atom is 0.195 e. The topological polar surface area (TPSA) is 30.0 Å². The van der Waals surface area contributed by atoms with Crippen LogP contribution in [0, 0.1) is 0 Å². The van der Waals surface area contributed by atoms with E-state index in [0.29, 0.717) is 16.1 Å². The molecule has 3 aromatic rings. The molecular formula is C16H7BrClNO. The molecule has 0 fully saturated rings. The van der Waals surface area contributed by atoms with E-state index in [-0.39, 0.29) is 5.78 Å². The van der Waals surface area contributed by atoms with Crippen molar-refractivity contribution in [2.75, 3.05) is 0 Å². The Morgan fingerprint density at radius 1 is 1.05 bits per heavy atom. The lowest BCUT2D eigenvalue weighted by molar-refractivity contribution is 0.104. The van der Waals surface area contributed by atoms with Crippen LogP contribution in [0.4, 0.5) is 0 Å². The molecule has 0 aliphatic heterocycles. The lowest BCUT2D eigenvalue weighted by atomic mass is 10.0. The highest BCUT2D eigenvalue weighted by Gasteiger charge is 2.31. The Kier molecular flexibility index (Phi) is 2.50. The van der Waals surface area contributed by atoms with E-state index >= 15 is 0 Å². The van der Waals surface area contributed by atoms with Crippen molar-refractivity contribution in [2.24, 2.45) is 0 Å². The first-order chi connectivity index (χ1) is 9.68. The number of carbonyl (C=O) groups excluding carboxylic acids is 1. The molecule has 4 rings (SSSR count). The van der Waals surface area contributed by atoms with Gasteiger partial charge in [-0.2, -0.15) is 0 Å². The Bertz CT molecular complexity index is 904. The highest BCUT2D eigenvalue weighted by Crippen LogP contribution is 2.44. The Morgan fingerprint density at radius 3 is 2.75 bits per heavy atom. The highest BCUT2D eigenvalue weighted by molar-refractivity contribution is 9.10. The van der Waals surface area contributed by atoms with Crippen LogP contribution >= 0.6 is 27.5 Å². The van der Waals surface area contributed by atoms with Crippen LogP contribution < -0.4 is 0 Å². The van der Waals surface area contributed by atoms with Crippen LogP contribution in [0.15, 0.2) is 47.1 Å². The monoisotopic (exact) mass is 343 g/mol.